The maximum atomic E-state index is 12.8. The van der Waals surface area contributed by atoms with E-state index in [2.05, 4.69) is 20.6 Å². The van der Waals surface area contributed by atoms with E-state index in [1.54, 1.807) is 24.5 Å². The molecule has 3 rings (SSSR count). The Morgan fingerprint density at radius 3 is 2.48 bits per heavy atom. The van der Waals surface area contributed by atoms with Crippen molar-refractivity contribution in [3.05, 3.63) is 83.9 Å². The summed E-state index contributed by atoms with van der Waals surface area (Å²) in [4.78, 5) is 20.1. The molecule has 0 radical (unpaired) electrons. The molecule has 2 N–H and O–H groups in total. The maximum absolute atomic E-state index is 12.8. The van der Waals surface area contributed by atoms with Gasteiger partial charge in [0.1, 0.15) is 0 Å². The van der Waals surface area contributed by atoms with Gasteiger partial charge in [-0.2, -0.15) is 13.2 Å². The Labute approximate surface area is 153 Å². The van der Waals surface area contributed by atoms with E-state index in [1.165, 1.54) is 30.6 Å². The number of benzene rings is 1. The number of aromatic nitrogens is 2. The van der Waals surface area contributed by atoms with Crippen LogP contribution in [0.2, 0.25) is 0 Å². The molecule has 2 aromatic heterocycles. The fourth-order valence-corrected chi connectivity index (χ4v) is 2.36. The van der Waals surface area contributed by atoms with Gasteiger partial charge in [0.05, 0.1) is 23.0 Å². The predicted molar refractivity (Wildman–Crippen MR) is 94.4 cm³/mol. The van der Waals surface area contributed by atoms with Crippen LogP contribution in [0.1, 0.15) is 21.5 Å². The van der Waals surface area contributed by atoms with Gasteiger partial charge in [0.25, 0.3) is 5.91 Å². The van der Waals surface area contributed by atoms with Crippen molar-refractivity contribution in [1.29, 1.82) is 0 Å². The molecule has 0 aliphatic rings. The molecule has 3 aromatic rings. The van der Waals surface area contributed by atoms with E-state index in [-0.39, 0.29) is 11.6 Å². The third-order valence-corrected chi connectivity index (χ3v) is 3.68. The zero-order chi connectivity index (χ0) is 19.3. The van der Waals surface area contributed by atoms with Crippen molar-refractivity contribution in [1.82, 2.24) is 15.3 Å². The van der Waals surface area contributed by atoms with Gasteiger partial charge in [-0.15, -0.1) is 0 Å². The summed E-state index contributed by atoms with van der Waals surface area (Å²) in [6.07, 6.45) is 1.65. The molecular formula is C19H15F3N4O. The van der Waals surface area contributed by atoms with Crippen LogP contribution in [0.4, 0.5) is 24.5 Å². The summed E-state index contributed by atoms with van der Waals surface area (Å²) in [5, 5.41) is 5.59. The third-order valence-electron chi connectivity index (χ3n) is 3.68. The number of nitrogens with zero attached hydrogens (tertiary/aromatic N) is 2. The lowest BCUT2D eigenvalue weighted by Gasteiger charge is -2.11. The highest BCUT2D eigenvalue weighted by molar-refractivity contribution is 5.94. The second-order valence-corrected chi connectivity index (χ2v) is 5.70. The molecule has 0 saturated carbocycles. The number of hydrogen-bond acceptors (Lipinski definition) is 4. The summed E-state index contributed by atoms with van der Waals surface area (Å²) in [7, 11) is 0. The summed E-state index contributed by atoms with van der Waals surface area (Å²) in [6.45, 7) is 0.326. The smallest absolute Gasteiger partial charge is 0.354 e. The maximum Gasteiger partial charge on any atom is 0.416 e. The topological polar surface area (TPSA) is 66.9 Å². The SMILES string of the molecule is O=C(NCc1ccncc1)c1cncc(Nc2cccc(C(F)(F)F)c2)c1. The summed E-state index contributed by atoms with van der Waals surface area (Å²) >= 11 is 0. The summed E-state index contributed by atoms with van der Waals surface area (Å²) in [6, 6.07) is 9.89. The summed E-state index contributed by atoms with van der Waals surface area (Å²) in [5.41, 5.74) is 1.09. The zero-order valence-corrected chi connectivity index (χ0v) is 14.0. The first kappa shape index (κ1) is 18.4. The number of hydrogen-bond donors (Lipinski definition) is 2. The molecule has 2 heterocycles. The van der Waals surface area contributed by atoms with E-state index in [1.807, 2.05) is 0 Å². The van der Waals surface area contributed by atoms with Gasteiger partial charge in [-0.05, 0) is 42.0 Å². The average Bonchev–Trinajstić information content (AvgIpc) is 2.67. The number of alkyl halides is 3. The van der Waals surface area contributed by atoms with E-state index in [4.69, 9.17) is 0 Å². The minimum Gasteiger partial charge on any atom is -0.354 e. The molecule has 138 valence electrons. The molecule has 0 bridgehead atoms. The van der Waals surface area contributed by atoms with Crippen molar-refractivity contribution in [3.8, 4) is 0 Å². The molecule has 8 heteroatoms. The van der Waals surface area contributed by atoms with Crippen LogP contribution in [0.15, 0.2) is 67.3 Å². The third kappa shape index (κ3) is 5.04. The number of carbonyl (C=O) groups is 1. The van der Waals surface area contributed by atoms with E-state index in [0.29, 0.717) is 17.8 Å². The lowest BCUT2D eigenvalue weighted by atomic mass is 10.2. The Hall–Kier alpha value is -3.42. The van der Waals surface area contributed by atoms with Crippen molar-refractivity contribution < 1.29 is 18.0 Å². The van der Waals surface area contributed by atoms with Gasteiger partial charge >= 0.3 is 6.18 Å². The number of halogens is 3. The Bertz CT molecular complexity index is 929. The molecule has 0 atom stereocenters. The Balaban J connectivity index is 1.69. The highest BCUT2D eigenvalue weighted by Crippen LogP contribution is 2.31. The van der Waals surface area contributed by atoms with Crippen LogP contribution in [0.3, 0.4) is 0 Å². The largest absolute Gasteiger partial charge is 0.416 e. The standard InChI is InChI=1S/C19H15F3N4O/c20-19(21,22)15-2-1-3-16(9-15)26-17-8-14(11-24-12-17)18(27)25-10-13-4-6-23-7-5-13/h1-9,11-12,26H,10H2,(H,25,27). The van der Waals surface area contributed by atoms with E-state index < -0.39 is 11.7 Å². The lowest BCUT2D eigenvalue weighted by Crippen LogP contribution is -2.23. The van der Waals surface area contributed by atoms with Gasteiger partial charge in [-0.1, -0.05) is 6.07 Å². The van der Waals surface area contributed by atoms with E-state index >= 15 is 0 Å². The summed E-state index contributed by atoms with van der Waals surface area (Å²) in [5.74, 6) is -0.341. The Morgan fingerprint density at radius 1 is 0.963 bits per heavy atom. The second kappa shape index (κ2) is 7.86. The van der Waals surface area contributed by atoms with Crippen LogP contribution in [0, 0.1) is 0 Å². The van der Waals surface area contributed by atoms with Gasteiger partial charge in [-0.25, -0.2) is 0 Å². The highest BCUT2D eigenvalue weighted by atomic mass is 19.4. The molecule has 27 heavy (non-hydrogen) atoms. The fraction of sp³-hybridized carbons (Fsp3) is 0.105. The second-order valence-electron chi connectivity index (χ2n) is 5.70. The molecule has 0 saturated heterocycles. The fourth-order valence-electron chi connectivity index (χ4n) is 2.36. The van der Waals surface area contributed by atoms with Crippen molar-refractivity contribution in [2.45, 2.75) is 12.7 Å². The van der Waals surface area contributed by atoms with E-state index in [9.17, 15) is 18.0 Å². The van der Waals surface area contributed by atoms with Gasteiger partial charge in [0, 0.05) is 30.8 Å². The number of amides is 1. The van der Waals surface area contributed by atoms with Crippen molar-refractivity contribution in [2.24, 2.45) is 0 Å². The normalized spacial score (nSPS) is 11.1. The first-order valence-electron chi connectivity index (χ1n) is 7.98. The van der Waals surface area contributed by atoms with Crippen LogP contribution in [0.25, 0.3) is 0 Å². The van der Waals surface area contributed by atoms with Crippen molar-refractivity contribution in [2.75, 3.05) is 5.32 Å². The number of carbonyl (C=O) groups excluding carboxylic acids is 1. The Morgan fingerprint density at radius 2 is 1.74 bits per heavy atom. The Kier molecular flexibility index (Phi) is 5.35. The van der Waals surface area contributed by atoms with E-state index in [0.717, 1.165) is 17.7 Å². The minimum atomic E-state index is -4.43. The van der Waals surface area contributed by atoms with Crippen LogP contribution < -0.4 is 10.6 Å². The van der Waals surface area contributed by atoms with Gasteiger partial charge < -0.3 is 10.6 Å². The average molecular weight is 372 g/mol. The van der Waals surface area contributed by atoms with Crippen LogP contribution in [-0.2, 0) is 12.7 Å². The molecule has 0 aliphatic heterocycles. The molecule has 0 spiro atoms. The molecule has 0 fully saturated rings. The lowest BCUT2D eigenvalue weighted by molar-refractivity contribution is -0.137. The zero-order valence-electron chi connectivity index (χ0n) is 14.0. The van der Waals surface area contributed by atoms with Crippen LogP contribution in [0.5, 0.6) is 0 Å². The number of pyridine rings is 2. The highest BCUT2D eigenvalue weighted by Gasteiger charge is 2.30. The predicted octanol–water partition coefficient (Wildman–Crippen LogP) is 4.17. The van der Waals surface area contributed by atoms with Crippen molar-refractivity contribution >= 4 is 17.3 Å². The van der Waals surface area contributed by atoms with Crippen LogP contribution >= 0.6 is 0 Å². The van der Waals surface area contributed by atoms with Gasteiger partial charge in [0.15, 0.2) is 0 Å². The minimum absolute atomic E-state index is 0.251. The molecule has 1 amide bonds. The van der Waals surface area contributed by atoms with Crippen molar-refractivity contribution in [3.63, 3.8) is 0 Å². The number of rotatable bonds is 5. The molecule has 1 aromatic carbocycles. The molecule has 5 nitrogen and oxygen atoms in total. The molecule has 0 aliphatic carbocycles. The first-order valence-corrected chi connectivity index (χ1v) is 7.98. The van der Waals surface area contributed by atoms with Gasteiger partial charge in [-0.3, -0.25) is 14.8 Å². The molecular weight excluding hydrogens is 357 g/mol. The number of nitrogens with one attached hydrogen (secondary N) is 2. The summed E-state index contributed by atoms with van der Waals surface area (Å²) < 4.78 is 38.4. The van der Waals surface area contributed by atoms with Gasteiger partial charge in [0.2, 0.25) is 0 Å². The quantitative estimate of drug-likeness (QED) is 0.706. The first-order chi connectivity index (χ1) is 12.9. The molecule has 0 unspecified atom stereocenters. The number of anilines is 2. The monoisotopic (exact) mass is 372 g/mol. The van der Waals surface area contributed by atoms with Crippen LogP contribution in [-0.4, -0.2) is 15.9 Å².